The summed E-state index contributed by atoms with van der Waals surface area (Å²) in [6.45, 7) is -0.103. The fraction of sp³-hybridized carbons (Fsp3) is 0.143. The lowest BCUT2D eigenvalue weighted by Crippen LogP contribution is -2.30. The molecule has 0 spiro atoms. The molecule has 2 N–H and O–H groups in total. The SMILES string of the molecule is CN(Cc1ccc(Cl)cc1)C(=O)c1c[nH]c2c(F)cc(C#CCO)cc2c1=O. The number of hydrogen-bond donors (Lipinski definition) is 2. The summed E-state index contributed by atoms with van der Waals surface area (Å²) in [5.41, 5.74) is 0.397. The van der Waals surface area contributed by atoms with Crippen LogP contribution in [0, 0.1) is 17.7 Å². The summed E-state index contributed by atoms with van der Waals surface area (Å²) in [7, 11) is 1.57. The number of rotatable bonds is 3. The second-order valence-corrected chi connectivity index (χ2v) is 6.60. The van der Waals surface area contributed by atoms with Crippen LogP contribution in [-0.2, 0) is 6.54 Å². The fourth-order valence-electron chi connectivity index (χ4n) is 2.80. The Balaban J connectivity index is 1.97. The summed E-state index contributed by atoms with van der Waals surface area (Å²) < 4.78 is 14.3. The second kappa shape index (κ2) is 8.26. The second-order valence-electron chi connectivity index (χ2n) is 6.16. The molecule has 2 aromatic carbocycles. The predicted molar refractivity (Wildman–Crippen MR) is 106 cm³/mol. The molecule has 3 rings (SSSR count). The van der Waals surface area contributed by atoms with Crippen LogP contribution in [0.2, 0.25) is 5.02 Å². The van der Waals surface area contributed by atoms with Crippen molar-refractivity contribution >= 4 is 28.4 Å². The van der Waals surface area contributed by atoms with Gasteiger partial charge in [0.2, 0.25) is 5.43 Å². The molecule has 7 heteroatoms. The summed E-state index contributed by atoms with van der Waals surface area (Å²) in [5, 5.41) is 9.40. The maximum atomic E-state index is 14.3. The number of aromatic nitrogens is 1. The number of fused-ring (bicyclic) bond motifs is 1. The van der Waals surface area contributed by atoms with Crippen molar-refractivity contribution in [1.29, 1.82) is 0 Å². The van der Waals surface area contributed by atoms with Gasteiger partial charge in [0, 0.05) is 30.4 Å². The van der Waals surface area contributed by atoms with Crippen LogP contribution in [0.3, 0.4) is 0 Å². The number of aromatic amines is 1. The molecule has 0 atom stereocenters. The molecule has 0 saturated heterocycles. The molecule has 0 aliphatic heterocycles. The van der Waals surface area contributed by atoms with E-state index in [1.165, 1.54) is 17.2 Å². The van der Waals surface area contributed by atoms with Gasteiger partial charge in [-0.2, -0.15) is 0 Å². The lowest BCUT2D eigenvalue weighted by atomic mass is 10.1. The molecule has 0 fully saturated rings. The number of amides is 1. The Morgan fingerprint density at radius 3 is 2.68 bits per heavy atom. The number of H-pyrrole nitrogens is 1. The van der Waals surface area contributed by atoms with Crippen molar-refractivity contribution in [3.63, 3.8) is 0 Å². The van der Waals surface area contributed by atoms with E-state index in [4.69, 9.17) is 16.7 Å². The molecule has 5 nitrogen and oxygen atoms in total. The Morgan fingerprint density at radius 1 is 1.29 bits per heavy atom. The third kappa shape index (κ3) is 4.06. The first kappa shape index (κ1) is 19.6. The third-order valence-corrected chi connectivity index (χ3v) is 4.41. The Kier molecular flexibility index (Phi) is 5.78. The average Bonchev–Trinajstić information content (AvgIpc) is 2.68. The van der Waals surface area contributed by atoms with Gasteiger partial charge in [-0.3, -0.25) is 9.59 Å². The smallest absolute Gasteiger partial charge is 0.259 e. The number of carbonyl (C=O) groups is 1. The van der Waals surface area contributed by atoms with E-state index in [-0.39, 0.29) is 35.2 Å². The minimum atomic E-state index is -0.662. The summed E-state index contributed by atoms with van der Waals surface area (Å²) in [6.07, 6.45) is 1.22. The van der Waals surface area contributed by atoms with Gasteiger partial charge in [-0.15, -0.1) is 0 Å². The summed E-state index contributed by atoms with van der Waals surface area (Å²) in [5.74, 6) is 3.81. The van der Waals surface area contributed by atoms with Crippen LogP contribution in [0.5, 0.6) is 0 Å². The number of pyridine rings is 1. The Labute approximate surface area is 165 Å². The van der Waals surface area contributed by atoms with Gasteiger partial charge in [-0.1, -0.05) is 35.6 Å². The molecule has 0 unspecified atom stereocenters. The molecule has 0 aliphatic rings. The molecule has 0 bridgehead atoms. The van der Waals surface area contributed by atoms with E-state index in [2.05, 4.69) is 16.8 Å². The van der Waals surface area contributed by atoms with Gasteiger partial charge in [-0.25, -0.2) is 4.39 Å². The Bertz CT molecular complexity index is 1160. The van der Waals surface area contributed by atoms with Crippen molar-refractivity contribution in [2.24, 2.45) is 0 Å². The maximum absolute atomic E-state index is 14.3. The highest BCUT2D eigenvalue weighted by Gasteiger charge is 2.19. The summed E-state index contributed by atoms with van der Waals surface area (Å²) in [6, 6.07) is 9.58. The monoisotopic (exact) mass is 398 g/mol. The van der Waals surface area contributed by atoms with Gasteiger partial charge < -0.3 is 15.0 Å². The third-order valence-electron chi connectivity index (χ3n) is 4.16. The van der Waals surface area contributed by atoms with Crippen molar-refractivity contribution in [1.82, 2.24) is 9.88 Å². The maximum Gasteiger partial charge on any atom is 0.259 e. The van der Waals surface area contributed by atoms with E-state index in [1.807, 2.05) is 0 Å². The van der Waals surface area contributed by atoms with Crippen LogP contribution in [0.1, 0.15) is 21.5 Å². The molecular weight excluding hydrogens is 383 g/mol. The molecule has 1 amide bonds. The van der Waals surface area contributed by atoms with Gasteiger partial charge >= 0.3 is 0 Å². The lowest BCUT2D eigenvalue weighted by Gasteiger charge is -2.17. The molecule has 28 heavy (non-hydrogen) atoms. The number of benzene rings is 2. The molecule has 0 saturated carbocycles. The number of hydrogen-bond acceptors (Lipinski definition) is 3. The first-order chi connectivity index (χ1) is 13.4. The zero-order valence-electron chi connectivity index (χ0n) is 14.9. The first-order valence-electron chi connectivity index (χ1n) is 8.35. The number of carbonyl (C=O) groups excluding carboxylic acids is 1. The molecule has 0 radical (unpaired) electrons. The standard InChI is InChI=1S/C21H16ClFN2O3/c1-25(12-13-4-6-15(22)7-5-13)21(28)17-11-24-19-16(20(17)27)9-14(3-2-8-26)10-18(19)23/h4-7,9-11,26H,8,12H2,1H3,(H,24,27). The molecule has 142 valence electrons. The number of halogens is 2. The topological polar surface area (TPSA) is 73.4 Å². The highest BCUT2D eigenvalue weighted by atomic mass is 35.5. The van der Waals surface area contributed by atoms with E-state index >= 15 is 0 Å². The van der Waals surface area contributed by atoms with Crippen LogP contribution in [-0.4, -0.2) is 34.6 Å². The van der Waals surface area contributed by atoms with E-state index in [9.17, 15) is 14.0 Å². The predicted octanol–water partition coefficient (Wildman–Crippen LogP) is 2.94. The van der Waals surface area contributed by atoms with Crippen molar-refractivity contribution in [2.45, 2.75) is 6.54 Å². The van der Waals surface area contributed by atoms with E-state index in [0.29, 0.717) is 5.02 Å². The van der Waals surface area contributed by atoms with Gasteiger partial charge in [0.1, 0.15) is 18.0 Å². The van der Waals surface area contributed by atoms with Gasteiger partial charge in [-0.05, 0) is 29.8 Å². The number of aliphatic hydroxyl groups is 1. The first-order valence-corrected chi connectivity index (χ1v) is 8.73. The lowest BCUT2D eigenvalue weighted by molar-refractivity contribution is 0.0783. The minimum absolute atomic E-state index is 0.00328. The Morgan fingerprint density at radius 2 is 2.00 bits per heavy atom. The minimum Gasteiger partial charge on any atom is -0.384 e. The quantitative estimate of drug-likeness (QED) is 0.666. The van der Waals surface area contributed by atoms with Gasteiger partial charge in [0.15, 0.2) is 0 Å². The van der Waals surface area contributed by atoms with Crippen LogP contribution < -0.4 is 5.43 Å². The highest BCUT2D eigenvalue weighted by molar-refractivity contribution is 6.30. The molecule has 0 aliphatic carbocycles. The number of aliphatic hydroxyl groups excluding tert-OH is 1. The summed E-state index contributed by atoms with van der Waals surface area (Å²) >= 11 is 5.86. The van der Waals surface area contributed by atoms with Gasteiger partial charge in [0.05, 0.1) is 10.9 Å². The van der Waals surface area contributed by atoms with Crippen LogP contribution >= 0.6 is 11.6 Å². The van der Waals surface area contributed by atoms with E-state index < -0.39 is 17.2 Å². The average molecular weight is 399 g/mol. The normalized spacial score (nSPS) is 10.4. The van der Waals surface area contributed by atoms with E-state index in [0.717, 1.165) is 11.6 Å². The van der Waals surface area contributed by atoms with Gasteiger partial charge in [0.25, 0.3) is 5.91 Å². The van der Waals surface area contributed by atoms with Crippen molar-refractivity contribution in [3.05, 3.63) is 80.3 Å². The molecule has 3 aromatic rings. The zero-order valence-corrected chi connectivity index (χ0v) is 15.7. The molecular formula is C21H16ClFN2O3. The van der Waals surface area contributed by atoms with Crippen molar-refractivity contribution in [3.8, 4) is 11.8 Å². The van der Waals surface area contributed by atoms with Crippen molar-refractivity contribution < 1.29 is 14.3 Å². The number of nitrogens with one attached hydrogen (secondary N) is 1. The van der Waals surface area contributed by atoms with Crippen LogP contribution in [0.15, 0.2) is 47.4 Å². The molecule has 1 aromatic heterocycles. The van der Waals surface area contributed by atoms with Crippen LogP contribution in [0.25, 0.3) is 10.9 Å². The zero-order chi connectivity index (χ0) is 20.3. The highest BCUT2D eigenvalue weighted by Crippen LogP contribution is 2.17. The van der Waals surface area contributed by atoms with Crippen molar-refractivity contribution in [2.75, 3.05) is 13.7 Å². The summed E-state index contributed by atoms with van der Waals surface area (Å²) in [4.78, 5) is 29.6. The fourth-order valence-corrected chi connectivity index (χ4v) is 2.93. The van der Waals surface area contributed by atoms with Crippen LogP contribution in [0.4, 0.5) is 4.39 Å². The Hall–Kier alpha value is -3.14. The largest absolute Gasteiger partial charge is 0.384 e. The number of nitrogens with zero attached hydrogens (tertiary/aromatic N) is 1. The van der Waals surface area contributed by atoms with E-state index in [1.54, 1.807) is 31.3 Å². The molecule has 1 heterocycles.